The number of aryl methyl sites for hydroxylation is 4. The molecule has 0 amide bonds. The van der Waals surface area contributed by atoms with Gasteiger partial charge in [-0.05, 0) is 210 Å². The van der Waals surface area contributed by atoms with Crippen LogP contribution in [0, 0.1) is 27.7 Å². The highest BCUT2D eigenvalue weighted by Crippen LogP contribution is 2.47. The second kappa shape index (κ2) is 16.0. The Morgan fingerprint density at radius 1 is 0.338 bits per heavy atom. The number of nitrogens with zero attached hydrogens (tertiary/aromatic N) is 2. The molecule has 0 spiro atoms. The number of hydrogen-bond donors (Lipinski definition) is 0. The van der Waals surface area contributed by atoms with Crippen LogP contribution in [-0.4, -0.2) is 22.6 Å². The van der Waals surface area contributed by atoms with Gasteiger partial charge in [0, 0.05) is 50.0 Å². The molecule has 4 aliphatic rings. The van der Waals surface area contributed by atoms with Gasteiger partial charge in [0.15, 0.2) is 0 Å². The lowest BCUT2D eigenvalue weighted by atomic mass is 9.31. The van der Waals surface area contributed by atoms with E-state index >= 15 is 0 Å². The monoisotopic (exact) mass is 1040 g/mol. The summed E-state index contributed by atoms with van der Waals surface area (Å²) in [5.74, 6) is 3.50. The summed E-state index contributed by atoms with van der Waals surface area (Å²) in [6, 6.07) is 52.3. The molecule has 0 N–H and O–H groups in total. The van der Waals surface area contributed by atoms with Crippen LogP contribution in [0.4, 0.5) is 0 Å². The highest BCUT2D eigenvalue weighted by molar-refractivity contribution is 7.02. The van der Waals surface area contributed by atoms with Crippen molar-refractivity contribution in [1.29, 1.82) is 0 Å². The molecular formula is C74H70B2N2O2. The Bertz CT molecular complexity index is 4300. The van der Waals surface area contributed by atoms with Crippen LogP contribution in [0.2, 0.25) is 0 Å². The summed E-state index contributed by atoms with van der Waals surface area (Å²) >= 11 is 0. The van der Waals surface area contributed by atoms with Gasteiger partial charge in [-0.2, -0.15) is 0 Å². The largest absolute Gasteiger partial charge is 0.458 e. The Labute approximate surface area is 472 Å². The molecule has 4 aliphatic heterocycles. The average Bonchev–Trinajstić information content (AvgIpc) is 4.12. The summed E-state index contributed by atoms with van der Waals surface area (Å²) in [5, 5.41) is 5.21. The number of fused-ring (bicyclic) bond motifs is 14. The van der Waals surface area contributed by atoms with Gasteiger partial charge in [-0.25, -0.2) is 0 Å². The fourth-order valence-electron chi connectivity index (χ4n) is 14.7. The van der Waals surface area contributed by atoms with Crippen molar-refractivity contribution in [1.82, 2.24) is 9.13 Å². The SMILES string of the molecule is Cc1cccc(C)c1-c1cc2c3c(c1)-n1c4ccc(C(C)(C)C)cc4c4cc(C(C)(C)C)cc(c41)B3c1cc3c(cc1O2)Oc1cc(-c2c(C)cccc2C)cc2c1B3c1cc(C(C)(C)C)cc3c4cc(C(C)(C)C)ccc4n-2c13. The zero-order chi connectivity index (χ0) is 55.8. The Hall–Kier alpha value is -7.69. The van der Waals surface area contributed by atoms with Crippen LogP contribution >= 0.6 is 0 Å². The summed E-state index contributed by atoms with van der Waals surface area (Å²) in [5.41, 5.74) is 29.8. The molecule has 0 unspecified atom stereocenters. The molecular weight excluding hydrogens is 970 g/mol. The number of aromatic nitrogens is 2. The smallest absolute Gasteiger partial charge is 0.256 e. The van der Waals surface area contributed by atoms with E-state index < -0.39 is 0 Å². The van der Waals surface area contributed by atoms with E-state index in [-0.39, 0.29) is 35.1 Å². The molecule has 4 nitrogen and oxygen atoms in total. The van der Waals surface area contributed by atoms with Crippen molar-refractivity contribution < 1.29 is 9.47 Å². The molecule has 6 heteroatoms. The summed E-state index contributed by atoms with van der Waals surface area (Å²) in [7, 11) is 0. The highest BCUT2D eigenvalue weighted by Gasteiger charge is 2.47. The minimum atomic E-state index is -0.121. The molecule has 0 fully saturated rings. The van der Waals surface area contributed by atoms with Gasteiger partial charge in [-0.1, -0.05) is 150 Å². The highest BCUT2D eigenvalue weighted by atomic mass is 16.5. The first-order valence-electron chi connectivity index (χ1n) is 29.1. The van der Waals surface area contributed by atoms with E-state index in [1.54, 1.807) is 0 Å². The fraction of sp³-hybridized carbons (Fsp3) is 0.270. The molecule has 9 aromatic carbocycles. The zero-order valence-electron chi connectivity index (χ0n) is 49.6. The molecule has 0 saturated heterocycles. The van der Waals surface area contributed by atoms with Gasteiger partial charge in [0.2, 0.25) is 0 Å². The lowest BCUT2D eigenvalue weighted by Gasteiger charge is -2.38. The van der Waals surface area contributed by atoms with Crippen LogP contribution in [0.25, 0.3) is 77.2 Å². The molecule has 15 rings (SSSR count). The van der Waals surface area contributed by atoms with E-state index in [4.69, 9.17) is 9.47 Å². The van der Waals surface area contributed by atoms with E-state index in [1.165, 1.54) is 143 Å². The Balaban J connectivity index is 1.06. The molecule has 394 valence electrons. The summed E-state index contributed by atoms with van der Waals surface area (Å²) < 4.78 is 20.3. The Morgan fingerprint density at radius 3 is 1.06 bits per heavy atom. The standard InChI is InChI=1S/C74H70B2N2O2/c1-39-19-17-20-40(2)65(39)43-27-59-67-63(29-43)79-61-38-62-54(37-53(61)75(67)55-35-47(73(11,12)13)33-51-49-31-45(71(5,6)7)23-25-57(49)77(59)69(51)55)76-56-36-48(74(14,15)16)34-52-50-32-46(72(8,9)10)24-26-58(50)78(70(52)56)60-28-44(30-64(80-62)68(60)76)66-41(3)21-18-22-42(66)4/h17-38H,1-16H3. The fourth-order valence-corrected chi connectivity index (χ4v) is 14.7. The first-order valence-corrected chi connectivity index (χ1v) is 29.1. The maximum absolute atomic E-state index is 7.57. The number of hydrogen-bond acceptors (Lipinski definition) is 2. The molecule has 11 aromatic rings. The van der Waals surface area contributed by atoms with E-state index in [0.717, 1.165) is 34.1 Å². The van der Waals surface area contributed by atoms with E-state index in [2.05, 4.69) is 253 Å². The summed E-state index contributed by atoms with van der Waals surface area (Å²) in [6.45, 7) is 36.9. The van der Waals surface area contributed by atoms with Gasteiger partial charge in [0.05, 0.1) is 11.0 Å². The lowest BCUT2D eigenvalue weighted by molar-refractivity contribution is 0.465. The van der Waals surface area contributed by atoms with E-state index in [1.807, 2.05) is 0 Å². The third-order valence-electron chi connectivity index (χ3n) is 18.9. The molecule has 0 saturated carbocycles. The maximum Gasteiger partial charge on any atom is 0.256 e. The molecule has 6 heterocycles. The Kier molecular flexibility index (Phi) is 9.89. The number of ether oxygens (including phenoxy) is 2. The first-order chi connectivity index (χ1) is 37.8. The molecule has 80 heavy (non-hydrogen) atoms. The quantitative estimate of drug-likeness (QED) is 0.161. The van der Waals surface area contributed by atoms with E-state index in [9.17, 15) is 0 Å². The lowest BCUT2D eigenvalue weighted by Crippen LogP contribution is -2.62. The Morgan fingerprint density at radius 2 is 0.700 bits per heavy atom. The van der Waals surface area contributed by atoms with Gasteiger partial charge in [-0.15, -0.1) is 0 Å². The number of benzene rings is 9. The molecule has 0 aliphatic carbocycles. The minimum Gasteiger partial charge on any atom is -0.458 e. The van der Waals surface area contributed by atoms with Crippen molar-refractivity contribution in [2.24, 2.45) is 0 Å². The predicted molar refractivity (Wildman–Crippen MR) is 342 cm³/mol. The van der Waals surface area contributed by atoms with Crippen LogP contribution < -0.4 is 42.3 Å². The topological polar surface area (TPSA) is 28.3 Å². The predicted octanol–water partition coefficient (Wildman–Crippen LogP) is 15.5. The van der Waals surface area contributed by atoms with Crippen LogP contribution in [-0.2, 0) is 21.7 Å². The van der Waals surface area contributed by atoms with Crippen LogP contribution in [0.5, 0.6) is 23.0 Å². The maximum atomic E-state index is 7.57. The van der Waals surface area contributed by atoms with E-state index in [0.29, 0.717) is 0 Å². The third kappa shape index (κ3) is 6.83. The van der Waals surface area contributed by atoms with Crippen molar-refractivity contribution in [2.75, 3.05) is 0 Å². The summed E-state index contributed by atoms with van der Waals surface area (Å²) in [6.07, 6.45) is 0. The molecule has 0 radical (unpaired) electrons. The van der Waals surface area contributed by atoms with Crippen LogP contribution in [0.3, 0.4) is 0 Å². The van der Waals surface area contributed by atoms with Gasteiger partial charge in [0.1, 0.15) is 23.0 Å². The minimum absolute atomic E-state index is 0.0203. The van der Waals surface area contributed by atoms with Gasteiger partial charge in [-0.3, -0.25) is 0 Å². The van der Waals surface area contributed by atoms with Gasteiger partial charge >= 0.3 is 0 Å². The van der Waals surface area contributed by atoms with Crippen molar-refractivity contribution in [3.8, 4) is 56.6 Å². The first kappa shape index (κ1) is 49.4. The van der Waals surface area contributed by atoms with Crippen LogP contribution in [0.1, 0.15) is 128 Å². The second-order valence-corrected chi connectivity index (χ2v) is 28.4. The van der Waals surface area contributed by atoms with Crippen molar-refractivity contribution in [3.05, 3.63) is 178 Å². The normalized spacial score (nSPS) is 14.2. The molecule has 0 atom stereocenters. The van der Waals surface area contributed by atoms with Gasteiger partial charge in [0.25, 0.3) is 13.4 Å². The summed E-state index contributed by atoms with van der Waals surface area (Å²) in [4.78, 5) is 0. The second-order valence-electron chi connectivity index (χ2n) is 28.4. The number of rotatable bonds is 2. The van der Waals surface area contributed by atoms with Crippen molar-refractivity contribution in [2.45, 2.75) is 132 Å². The van der Waals surface area contributed by atoms with Crippen molar-refractivity contribution in [3.63, 3.8) is 0 Å². The third-order valence-corrected chi connectivity index (χ3v) is 18.9. The zero-order valence-corrected chi connectivity index (χ0v) is 49.6. The van der Waals surface area contributed by atoms with Crippen molar-refractivity contribution >= 4 is 89.8 Å². The molecule has 0 bridgehead atoms. The average molecular weight is 1040 g/mol. The van der Waals surface area contributed by atoms with Gasteiger partial charge < -0.3 is 18.6 Å². The van der Waals surface area contributed by atoms with Crippen LogP contribution in [0.15, 0.2) is 133 Å². The molecule has 2 aromatic heterocycles.